The van der Waals surface area contributed by atoms with Crippen molar-refractivity contribution in [2.75, 3.05) is 39.6 Å². The van der Waals surface area contributed by atoms with Gasteiger partial charge in [-0.15, -0.1) is 0 Å². The summed E-state index contributed by atoms with van der Waals surface area (Å²) in [5.74, 6) is -0.981. The summed E-state index contributed by atoms with van der Waals surface area (Å²) in [4.78, 5) is 66.8. The van der Waals surface area contributed by atoms with E-state index in [4.69, 9.17) is 5.11 Å². The Morgan fingerprint density at radius 1 is 0.463 bits per heavy atom. The summed E-state index contributed by atoms with van der Waals surface area (Å²) < 4.78 is 25.1. The van der Waals surface area contributed by atoms with Crippen LogP contribution in [0.25, 0.3) is 0 Å². The molecule has 0 aliphatic carbocycles. The number of hydrogen-bond donors (Lipinski definition) is 7. The number of carbonyl (C=O) groups is 7. The maximum atomic E-state index is 9.60. The molecule has 0 bridgehead atoms. The highest BCUT2D eigenvalue weighted by atomic mass is 16.6. The van der Waals surface area contributed by atoms with Crippen LogP contribution in [-0.2, 0) is 33.2 Å². The summed E-state index contributed by atoms with van der Waals surface area (Å²) in [6.07, 6.45) is -3.43. The quantitative estimate of drug-likeness (QED) is 0.156. The van der Waals surface area contributed by atoms with Gasteiger partial charge in [-0.1, -0.05) is 6.58 Å². The van der Waals surface area contributed by atoms with E-state index in [9.17, 15) is 33.6 Å². The van der Waals surface area contributed by atoms with Crippen LogP contribution in [0.15, 0.2) is 12.7 Å². The Morgan fingerprint density at radius 3 is 0.561 bits per heavy atom. The van der Waals surface area contributed by atoms with Gasteiger partial charge in [-0.25, -0.2) is 33.6 Å². The summed E-state index contributed by atoms with van der Waals surface area (Å²) in [5, 5.41) is 7.60. The number of carboxylic acids is 1. The summed E-state index contributed by atoms with van der Waals surface area (Å²) in [5.41, 5.74) is 27.3. The molecule has 0 aromatic rings. The highest BCUT2D eigenvalue weighted by Crippen LogP contribution is 1.68. The summed E-state index contributed by atoms with van der Waals surface area (Å²) in [6.45, 7) is 15.3. The number of ether oxygens (including phenoxy) is 6. The molecule has 0 aromatic heterocycles. The van der Waals surface area contributed by atoms with Gasteiger partial charge in [0.25, 0.3) is 0 Å². The third-order valence-electron chi connectivity index (χ3n) is 1.89. The molecular formula is C21H46N6O14. The van der Waals surface area contributed by atoms with Gasteiger partial charge in [0.1, 0.15) is 0 Å². The van der Waals surface area contributed by atoms with Gasteiger partial charge in [0.15, 0.2) is 0 Å². The average Bonchev–Trinajstić information content (AvgIpc) is 2.81. The summed E-state index contributed by atoms with van der Waals surface area (Å²) in [6, 6.07) is 0. The van der Waals surface area contributed by atoms with E-state index in [0.717, 1.165) is 6.08 Å². The lowest BCUT2D eigenvalue weighted by Gasteiger charge is -1.89. The first kappa shape index (κ1) is 52.3. The molecule has 20 nitrogen and oxygen atoms in total. The van der Waals surface area contributed by atoms with Crippen molar-refractivity contribution in [3.05, 3.63) is 12.7 Å². The first-order valence-electron chi connectivity index (χ1n) is 11.3. The highest BCUT2D eigenvalue weighted by molar-refractivity contribution is 5.78. The van der Waals surface area contributed by atoms with E-state index in [1.165, 1.54) is 0 Å². The largest absolute Gasteiger partial charge is 0.478 e. The first-order valence-corrected chi connectivity index (χ1v) is 11.3. The van der Waals surface area contributed by atoms with Crippen molar-refractivity contribution in [3.8, 4) is 0 Å². The minimum atomic E-state index is -0.981. The first-order chi connectivity index (χ1) is 18.9. The van der Waals surface area contributed by atoms with Crippen LogP contribution in [0.1, 0.15) is 41.5 Å². The van der Waals surface area contributed by atoms with Crippen molar-refractivity contribution < 1.29 is 67.1 Å². The van der Waals surface area contributed by atoms with Crippen molar-refractivity contribution in [1.29, 1.82) is 0 Å². The van der Waals surface area contributed by atoms with Gasteiger partial charge in [0.2, 0.25) is 0 Å². The lowest BCUT2D eigenvalue weighted by Crippen LogP contribution is -2.11. The Bertz CT molecular complexity index is 569. The third kappa shape index (κ3) is 171. The van der Waals surface area contributed by atoms with Crippen molar-refractivity contribution in [2.45, 2.75) is 41.5 Å². The van der Waals surface area contributed by atoms with E-state index in [2.05, 4.69) is 69.4 Å². The summed E-state index contributed by atoms with van der Waals surface area (Å²) in [7, 11) is 0. The number of carboxylic acid groups (broad SMARTS) is 1. The molecule has 0 atom stereocenters. The van der Waals surface area contributed by atoms with Crippen molar-refractivity contribution in [2.24, 2.45) is 34.4 Å². The highest BCUT2D eigenvalue weighted by Gasteiger charge is 1.85. The van der Waals surface area contributed by atoms with Crippen LogP contribution in [0.4, 0.5) is 28.8 Å². The van der Waals surface area contributed by atoms with E-state index >= 15 is 0 Å². The second kappa shape index (κ2) is 48.0. The predicted octanol–water partition coefficient (Wildman–Crippen LogP) is 0.867. The number of hydrogen-bond acceptors (Lipinski definition) is 13. The number of aliphatic carboxylic acids is 1. The predicted molar refractivity (Wildman–Crippen MR) is 145 cm³/mol. The van der Waals surface area contributed by atoms with E-state index in [1.54, 1.807) is 41.5 Å². The van der Waals surface area contributed by atoms with Crippen LogP contribution in [0, 0.1) is 0 Å². The van der Waals surface area contributed by atoms with Crippen LogP contribution in [-0.4, -0.2) is 87.3 Å². The Morgan fingerprint density at radius 2 is 0.561 bits per heavy atom. The van der Waals surface area contributed by atoms with E-state index in [1.807, 2.05) is 0 Å². The van der Waals surface area contributed by atoms with Gasteiger partial charge in [-0.2, -0.15) is 0 Å². The van der Waals surface area contributed by atoms with Crippen LogP contribution in [0.3, 0.4) is 0 Å². The van der Waals surface area contributed by atoms with Gasteiger partial charge in [-0.05, 0) is 41.5 Å². The SMILES string of the molecule is C=CC(=O)O.CCOC(N)=O.CCOC(N)=O.CCOC(N)=O.CCOC(N)=O.CCOC(N)=O.CCOC(N)=O. The van der Waals surface area contributed by atoms with E-state index < -0.39 is 42.5 Å². The molecule has 13 N–H and O–H groups in total. The van der Waals surface area contributed by atoms with Gasteiger partial charge in [0, 0.05) is 6.08 Å². The van der Waals surface area contributed by atoms with Crippen LogP contribution >= 0.6 is 0 Å². The summed E-state index contributed by atoms with van der Waals surface area (Å²) >= 11 is 0. The monoisotopic (exact) mass is 606 g/mol. The molecule has 41 heavy (non-hydrogen) atoms. The standard InChI is InChI=1S/6C3H7NO2.C3H4O2/c6*1-2-6-3(4)5;1-2-3(4)5/h6*2H2,1H3,(H2,4,5);2H,1H2,(H,4,5). The molecule has 0 rings (SSSR count). The number of carbonyl (C=O) groups excluding carboxylic acids is 6. The molecule has 0 aliphatic heterocycles. The molecule has 6 amide bonds. The second-order valence-electron chi connectivity index (χ2n) is 5.05. The molecule has 0 saturated carbocycles. The molecule has 0 spiro atoms. The Balaban J connectivity index is -0.0000000658. The maximum Gasteiger partial charge on any atom is 0.404 e. The number of nitrogens with two attached hydrogens (primary N) is 6. The van der Waals surface area contributed by atoms with Gasteiger partial charge in [-0.3, -0.25) is 0 Å². The number of primary amides is 6. The second-order valence-corrected chi connectivity index (χ2v) is 5.05. The van der Waals surface area contributed by atoms with Crippen LogP contribution < -0.4 is 34.4 Å². The Labute approximate surface area is 238 Å². The fraction of sp³-hybridized carbons (Fsp3) is 0.571. The van der Waals surface area contributed by atoms with Gasteiger partial charge >= 0.3 is 42.5 Å². The molecule has 0 heterocycles. The minimum absolute atomic E-state index is 0.356. The smallest absolute Gasteiger partial charge is 0.404 e. The maximum absolute atomic E-state index is 9.60. The molecule has 0 fully saturated rings. The Hall–Kier alpha value is -5.17. The fourth-order valence-corrected chi connectivity index (χ4v) is 0.854. The lowest BCUT2D eigenvalue weighted by molar-refractivity contribution is -0.131. The Kier molecular flexibility index (Phi) is 61.2. The molecule has 0 aromatic carbocycles. The molecule has 0 unspecified atom stereocenters. The average molecular weight is 607 g/mol. The normalized spacial score (nSPS) is 7.37. The van der Waals surface area contributed by atoms with E-state index in [0.29, 0.717) is 39.6 Å². The zero-order chi connectivity index (χ0) is 34.2. The van der Waals surface area contributed by atoms with Crippen LogP contribution in [0.2, 0.25) is 0 Å². The molecule has 0 saturated heterocycles. The van der Waals surface area contributed by atoms with Crippen molar-refractivity contribution >= 4 is 42.5 Å². The number of rotatable bonds is 7. The van der Waals surface area contributed by atoms with Gasteiger partial charge < -0.3 is 67.9 Å². The zero-order valence-electron chi connectivity index (χ0n) is 24.2. The van der Waals surface area contributed by atoms with Gasteiger partial charge in [0.05, 0.1) is 39.6 Å². The molecule has 0 aliphatic rings. The molecule has 0 radical (unpaired) electrons. The van der Waals surface area contributed by atoms with Crippen molar-refractivity contribution in [3.63, 3.8) is 0 Å². The zero-order valence-corrected chi connectivity index (χ0v) is 24.2. The molecule has 244 valence electrons. The van der Waals surface area contributed by atoms with E-state index in [-0.39, 0.29) is 0 Å². The number of amides is 6. The molecule has 20 heteroatoms. The van der Waals surface area contributed by atoms with Crippen LogP contribution in [0.5, 0.6) is 0 Å². The topological polar surface area (TPSA) is 351 Å². The minimum Gasteiger partial charge on any atom is -0.478 e. The lowest BCUT2D eigenvalue weighted by atomic mass is 10.7. The molecular weight excluding hydrogens is 560 g/mol. The fourth-order valence-electron chi connectivity index (χ4n) is 0.854. The van der Waals surface area contributed by atoms with Crippen molar-refractivity contribution in [1.82, 2.24) is 0 Å². The third-order valence-corrected chi connectivity index (χ3v) is 1.89.